The zero-order chi connectivity index (χ0) is 14.9. The van der Waals surface area contributed by atoms with Crippen molar-refractivity contribution in [1.29, 1.82) is 5.26 Å². The molecule has 2 rings (SSSR count). The van der Waals surface area contributed by atoms with E-state index < -0.39 is 23.3 Å². The summed E-state index contributed by atoms with van der Waals surface area (Å²) in [5.41, 5.74) is -0.571. The Morgan fingerprint density at radius 2 is 2.20 bits per heavy atom. The maximum Gasteiger partial charge on any atom is 0.347 e. The molecule has 0 fully saturated rings. The molecule has 0 saturated heterocycles. The van der Waals surface area contributed by atoms with Crippen molar-refractivity contribution < 1.29 is 19.1 Å². The predicted molar refractivity (Wildman–Crippen MR) is 69.6 cm³/mol. The molecule has 0 unspecified atom stereocenters. The van der Waals surface area contributed by atoms with Crippen molar-refractivity contribution in [2.75, 3.05) is 17.3 Å². The number of anilines is 1. The van der Waals surface area contributed by atoms with Gasteiger partial charge < -0.3 is 10.0 Å². The second-order valence-electron chi connectivity index (χ2n) is 3.97. The van der Waals surface area contributed by atoms with Crippen molar-refractivity contribution in [3.05, 3.63) is 35.2 Å². The predicted octanol–water partition coefficient (Wildman–Crippen LogP) is 1.77. The number of nitriles is 1. The number of benzene rings is 1. The summed E-state index contributed by atoms with van der Waals surface area (Å²) in [6.07, 6.45) is 0. The topological polar surface area (TPSA) is 81.4 Å². The van der Waals surface area contributed by atoms with Crippen LogP contribution in [0.15, 0.2) is 23.8 Å². The first kappa shape index (κ1) is 14.0. The molecular formula is C13H8ClFN2O3. The number of nitrogens with zero attached hydrogens (tertiary/aromatic N) is 2. The molecule has 1 amide bonds. The van der Waals surface area contributed by atoms with E-state index in [1.165, 1.54) is 17.0 Å². The van der Waals surface area contributed by atoms with Gasteiger partial charge in [0.2, 0.25) is 0 Å². The summed E-state index contributed by atoms with van der Waals surface area (Å²) >= 11 is 5.60. The Balaban J connectivity index is 2.74. The number of carbonyl (C=O) groups excluding carboxylic acids is 1. The van der Waals surface area contributed by atoms with Crippen LogP contribution in [0.1, 0.15) is 5.56 Å². The van der Waals surface area contributed by atoms with E-state index in [4.69, 9.17) is 22.0 Å². The molecule has 1 heterocycles. The van der Waals surface area contributed by atoms with Gasteiger partial charge in [0.05, 0.1) is 11.3 Å². The number of hydrogen-bond acceptors (Lipinski definition) is 3. The number of carbonyl (C=O) groups is 2. The number of carboxylic acids is 1. The first-order valence-electron chi connectivity index (χ1n) is 5.56. The molecule has 0 atom stereocenters. The van der Waals surface area contributed by atoms with Crippen LogP contribution < -0.4 is 4.90 Å². The lowest BCUT2D eigenvalue weighted by molar-refractivity contribution is -0.132. The summed E-state index contributed by atoms with van der Waals surface area (Å²) in [6, 6.07) is 5.03. The second kappa shape index (κ2) is 5.31. The average Bonchev–Trinajstić information content (AvgIpc) is 2.65. The lowest BCUT2D eigenvalue weighted by Crippen LogP contribution is -2.29. The van der Waals surface area contributed by atoms with Crippen LogP contribution in [-0.2, 0) is 9.59 Å². The van der Waals surface area contributed by atoms with Gasteiger partial charge in [-0.2, -0.15) is 5.26 Å². The number of amides is 1. The monoisotopic (exact) mass is 294 g/mol. The van der Waals surface area contributed by atoms with Crippen LogP contribution in [0.4, 0.5) is 10.1 Å². The lowest BCUT2D eigenvalue weighted by Gasteiger charge is -2.14. The molecule has 0 spiro atoms. The fourth-order valence-corrected chi connectivity index (χ4v) is 2.23. The standard InChI is InChI=1S/C13H8ClFN2O3/c14-3-4-17-10-2-1-7(15)5-8(10)11(12(17)18)9(6-16)13(19)20/h1-2,5H,3-4H2,(H,19,20)/b11-9+. The van der Waals surface area contributed by atoms with E-state index in [-0.39, 0.29) is 23.6 Å². The highest BCUT2D eigenvalue weighted by Gasteiger charge is 2.36. The van der Waals surface area contributed by atoms with Crippen LogP contribution in [0.2, 0.25) is 0 Å². The molecule has 1 N–H and O–H groups in total. The van der Waals surface area contributed by atoms with Crippen molar-refractivity contribution in [3.63, 3.8) is 0 Å². The molecular weight excluding hydrogens is 287 g/mol. The minimum Gasteiger partial charge on any atom is -0.477 e. The van der Waals surface area contributed by atoms with Gasteiger partial charge in [-0.15, -0.1) is 11.6 Å². The van der Waals surface area contributed by atoms with Crippen molar-refractivity contribution in [2.45, 2.75) is 0 Å². The quantitative estimate of drug-likeness (QED) is 0.523. The number of halogens is 2. The molecule has 0 aliphatic carbocycles. The lowest BCUT2D eigenvalue weighted by atomic mass is 10.0. The van der Waals surface area contributed by atoms with Gasteiger partial charge >= 0.3 is 5.97 Å². The summed E-state index contributed by atoms with van der Waals surface area (Å²) < 4.78 is 13.3. The molecule has 5 nitrogen and oxygen atoms in total. The minimum atomic E-state index is -1.53. The Labute approximate surface area is 118 Å². The van der Waals surface area contributed by atoms with E-state index in [1.807, 2.05) is 0 Å². The van der Waals surface area contributed by atoms with Crippen LogP contribution in [0.5, 0.6) is 0 Å². The van der Waals surface area contributed by atoms with Crippen LogP contribution in [0, 0.1) is 17.1 Å². The third kappa shape index (κ3) is 2.12. The van der Waals surface area contributed by atoms with E-state index in [0.29, 0.717) is 5.69 Å². The van der Waals surface area contributed by atoms with E-state index in [1.54, 1.807) is 0 Å². The maximum atomic E-state index is 13.3. The number of fused-ring (bicyclic) bond motifs is 1. The van der Waals surface area contributed by atoms with E-state index in [0.717, 1.165) is 12.1 Å². The van der Waals surface area contributed by atoms with Crippen LogP contribution in [0.25, 0.3) is 5.57 Å². The molecule has 7 heteroatoms. The molecule has 102 valence electrons. The molecule has 0 aromatic heterocycles. The van der Waals surface area contributed by atoms with E-state index >= 15 is 0 Å². The molecule has 1 aromatic carbocycles. The molecule has 1 aliphatic rings. The molecule has 1 aliphatic heterocycles. The van der Waals surface area contributed by atoms with Crippen molar-refractivity contribution in [2.24, 2.45) is 0 Å². The van der Waals surface area contributed by atoms with Crippen molar-refractivity contribution in [3.8, 4) is 6.07 Å². The van der Waals surface area contributed by atoms with Gasteiger partial charge in [-0.05, 0) is 18.2 Å². The Kier molecular flexibility index (Phi) is 3.72. The number of hydrogen-bond donors (Lipinski definition) is 1. The normalized spacial score (nSPS) is 15.8. The Hall–Kier alpha value is -2.39. The summed E-state index contributed by atoms with van der Waals surface area (Å²) in [7, 11) is 0. The smallest absolute Gasteiger partial charge is 0.347 e. The van der Waals surface area contributed by atoms with Gasteiger partial charge in [0, 0.05) is 18.0 Å². The summed E-state index contributed by atoms with van der Waals surface area (Å²) in [5.74, 6) is -2.68. The van der Waals surface area contributed by atoms with Gasteiger partial charge in [0.15, 0.2) is 5.57 Å². The van der Waals surface area contributed by atoms with Crippen LogP contribution >= 0.6 is 11.6 Å². The van der Waals surface area contributed by atoms with Crippen LogP contribution in [0.3, 0.4) is 0 Å². The summed E-state index contributed by atoms with van der Waals surface area (Å²) in [6.45, 7) is 0.140. The number of rotatable bonds is 3. The highest BCUT2D eigenvalue weighted by Crippen LogP contribution is 2.38. The number of carboxylic acid groups (broad SMARTS) is 1. The Morgan fingerprint density at radius 1 is 1.50 bits per heavy atom. The van der Waals surface area contributed by atoms with Gasteiger partial charge in [-0.25, -0.2) is 9.18 Å². The first-order valence-corrected chi connectivity index (χ1v) is 6.10. The van der Waals surface area contributed by atoms with Gasteiger partial charge in [-0.3, -0.25) is 4.79 Å². The van der Waals surface area contributed by atoms with Crippen LogP contribution in [-0.4, -0.2) is 29.4 Å². The highest BCUT2D eigenvalue weighted by atomic mass is 35.5. The Bertz CT molecular complexity index is 679. The third-order valence-corrected chi connectivity index (χ3v) is 3.03. The number of aliphatic carboxylic acids is 1. The molecule has 0 bridgehead atoms. The number of alkyl halides is 1. The summed E-state index contributed by atoms with van der Waals surface area (Å²) in [5, 5.41) is 17.9. The van der Waals surface area contributed by atoms with E-state index in [9.17, 15) is 14.0 Å². The average molecular weight is 295 g/mol. The van der Waals surface area contributed by atoms with Gasteiger partial charge in [-0.1, -0.05) is 0 Å². The highest BCUT2D eigenvalue weighted by molar-refractivity contribution is 6.36. The fourth-order valence-electron chi connectivity index (χ4n) is 2.06. The van der Waals surface area contributed by atoms with E-state index in [2.05, 4.69) is 0 Å². The largest absolute Gasteiger partial charge is 0.477 e. The maximum absolute atomic E-state index is 13.3. The minimum absolute atomic E-state index is 0.0964. The van der Waals surface area contributed by atoms with Gasteiger partial charge in [0.1, 0.15) is 11.9 Å². The summed E-state index contributed by atoms with van der Waals surface area (Å²) in [4.78, 5) is 24.5. The molecule has 0 saturated carbocycles. The van der Waals surface area contributed by atoms with Gasteiger partial charge in [0.25, 0.3) is 5.91 Å². The zero-order valence-electron chi connectivity index (χ0n) is 10.1. The molecule has 1 aromatic rings. The second-order valence-corrected chi connectivity index (χ2v) is 4.35. The Morgan fingerprint density at radius 3 is 2.75 bits per heavy atom. The zero-order valence-corrected chi connectivity index (χ0v) is 10.8. The third-order valence-electron chi connectivity index (χ3n) is 2.86. The van der Waals surface area contributed by atoms with Crippen molar-refractivity contribution >= 4 is 34.7 Å². The van der Waals surface area contributed by atoms with Crippen molar-refractivity contribution in [1.82, 2.24) is 0 Å². The molecule has 0 radical (unpaired) electrons. The first-order chi connectivity index (χ1) is 9.51. The SMILES string of the molecule is N#C/C(C(=O)O)=C1\C(=O)N(CCCl)c2ccc(F)cc21. The molecule has 20 heavy (non-hydrogen) atoms. The fraction of sp³-hybridized carbons (Fsp3) is 0.154.